The first-order chi connectivity index (χ1) is 18.1. The van der Waals surface area contributed by atoms with Gasteiger partial charge in [0.05, 0.1) is 23.7 Å². The monoisotopic (exact) mass is 520 g/mol. The lowest BCUT2D eigenvalue weighted by molar-refractivity contribution is -0.216. The number of ether oxygens (including phenoxy) is 3. The van der Waals surface area contributed by atoms with Crippen LogP contribution < -0.4 is 4.74 Å². The number of rotatable bonds is 3. The standard InChI is InChI=1S/C29H28O9/c1-4-13-22-24-23(20-15(28(22)38-29(13)35)8-11(2)9-16(20)30)26(33)14-6-5-7-18(21(14)27(24)34)37-19-10-17(31)25(32)12(3)36-19/h5-9,12-13,17,19,22,25,28,30-32H,4,10H2,1-3H3/t12-,13-,17+,19?,22?,25-,28+/m0/s1. The van der Waals surface area contributed by atoms with Crippen molar-refractivity contribution in [2.45, 2.75) is 64.3 Å². The van der Waals surface area contributed by atoms with Gasteiger partial charge in [0.15, 0.2) is 11.6 Å². The van der Waals surface area contributed by atoms with Crippen LogP contribution in [0.3, 0.4) is 0 Å². The van der Waals surface area contributed by atoms with E-state index in [0.717, 1.165) is 5.56 Å². The number of Topliss-reactive ketones (excluding diaryl/α,β-unsaturated/α-hetero) is 2. The van der Waals surface area contributed by atoms with E-state index in [1.165, 1.54) is 12.1 Å². The summed E-state index contributed by atoms with van der Waals surface area (Å²) >= 11 is 0. The quantitative estimate of drug-likeness (QED) is 0.521. The number of carbonyl (C=O) groups excluding carboxylic acids is 3. The van der Waals surface area contributed by atoms with Crippen molar-refractivity contribution >= 4 is 23.1 Å². The minimum Gasteiger partial charge on any atom is -0.507 e. The van der Waals surface area contributed by atoms with Gasteiger partial charge in [0.2, 0.25) is 6.29 Å². The van der Waals surface area contributed by atoms with Gasteiger partial charge >= 0.3 is 5.97 Å². The van der Waals surface area contributed by atoms with E-state index in [9.17, 15) is 29.7 Å². The summed E-state index contributed by atoms with van der Waals surface area (Å²) in [6, 6.07) is 7.96. The highest BCUT2D eigenvalue weighted by Gasteiger charge is 2.55. The van der Waals surface area contributed by atoms with Gasteiger partial charge in [0.1, 0.15) is 23.7 Å². The van der Waals surface area contributed by atoms with E-state index in [0.29, 0.717) is 12.0 Å². The van der Waals surface area contributed by atoms with Crippen LogP contribution in [0.2, 0.25) is 0 Å². The van der Waals surface area contributed by atoms with Gasteiger partial charge in [-0.25, -0.2) is 0 Å². The van der Waals surface area contributed by atoms with Crippen molar-refractivity contribution in [2.75, 3.05) is 0 Å². The van der Waals surface area contributed by atoms with E-state index in [4.69, 9.17) is 14.2 Å². The highest BCUT2D eigenvalue weighted by atomic mass is 16.7. The molecule has 2 fully saturated rings. The Morgan fingerprint density at radius 2 is 1.84 bits per heavy atom. The van der Waals surface area contributed by atoms with E-state index in [1.54, 1.807) is 32.0 Å². The molecule has 2 aromatic rings. The highest BCUT2D eigenvalue weighted by Crippen LogP contribution is 2.57. The number of aliphatic hydroxyl groups is 2. The van der Waals surface area contributed by atoms with E-state index < -0.39 is 60.1 Å². The minimum atomic E-state index is -1.08. The van der Waals surface area contributed by atoms with Gasteiger partial charge in [-0.3, -0.25) is 14.4 Å². The Kier molecular flexibility index (Phi) is 5.71. The predicted octanol–water partition coefficient (Wildman–Crippen LogP) is 3.02. The first kappa shape index (κ1) is 24.8. The van der Waals surface area contributed by atoms with E-state index in [-0.39, 0.29) is 45.8 Å². The van der Waals surface area contributed by atoms with Crippen LogP contribution in [0.5, 0.6) is 11.5 Å². The molecule has 0 amide bonds. The lowest BCUT2D eigenvalue weighted by atomic mass is 9.65. The molecule has 2 aromatic carbocycles. The smallest absolute Gasteiger partial charge is 0.310 e. The predicted molar refractivity (Wildman–Crippen MR) is 133 cm³/mol. The number of phenols is 1. The van der Waals surface area contributed by atoms with Gasteiger partial charge in [-0.05, 0) is 38.0 Å². The van der Waals surface area contributed by atoms with Gasteiger partial charge in [-0.1, -0.05) is 25.1 Å². The van der Waals surface area contributed by atoms with Crippen molar-refractivity contribution in [1.29, 1.82) is 0 Å². The van der Waals surface area contributed by atoms with Crippen molar-refractivity contribution in [3.8, 4) is 11.5 Å². The summed E-state index contributed by atoms with van der Waals surface area (Å²) in [7, 11) is 0. The molecular weight excluding hydrogens is 492 g/mol. The Hall–Kier alpha value is -3.53. The van der Waals surface area contributed by atoms with Crippen molar-refractivity contribution in [3.05, 3.63) is 63.7 Å². The molecule has 0 bridgehead atoms. The molecule has 198 valence electrons. The van der Waals surface area contributed by atoms with Crippen LogP contribution in [0.1, 0.15) is 70.2 Å². The Labute approximate surface area is 218 Å². The van der Waals surface area contributed by atoms with Crippen LogP contribution in [0.25, 0.3) is 5.57 Å². The number of hydrogen-bond acceptors (Lipinski definition) is 9. The van der Waals surface area contributed by atoms with Gasteiger partial charge in [-0.15, -0.1) is 0 Å². The van der Waals surface area contributed by atoms with Gasteiger partial charge in [0.25, 0.3) is 0 Å². The third-order valence-corrected chi connectivity index (χ3v) is 8.10. The highest BCUT2D eigenvalue weighted by molar-refractivity contribution is 6.42. The number of ketones is 2. The second kappa shape index (κ2) is 8.76. The molecule has 2 aliphatic heterocycles. The molecule has 2 unspecified atom stereocenters. The number of aliphatic hydroxyl groups excluding tert-OH is 2. The zero-order valence-corrected chi connectivity index (χ0v) is 21.1. The zero-order valence-electron chi connectivity index (χ0n) is 21.1. The second-order valence-corrected chi connectivity index (χ2v) is 10.5. The number of hydrogen-bond donors (Lipinski definition) is 3. The Balaban J connectivity index is 1.51. The molecule has 0 spiro atoms. The lowest BCUT2D eigenvalue weighted by Gasteiger charge is -2.37. The summed E-state index contributed by atoms with van der Waals surface area (Å²) in [5, 5.41) is 31.2. The zero-order chi connectivity index (χ0) is 27.0. The molecule has 0 aromatic heterocycles. The summed E-state index contributed by atoms with van der Waals surface area (Å²) in [6.45, 7) is 5.23. The molecule has 9 heteroatoms. The van der Waals surface area contributed by atoms with Gasteiger partial charge < -0.3 is 29.5 Å². The number of aromatic hydroxyl groups is 1. The molecule has 9 nitrogen and oxygen atoms in total. The summed E-state index contributed by atoms with van der Waals surface area (Å²) in [5.74, 6) is -2.77. The number of aryl methyl sites for hydroxylation is 1. The summed E-state index contributed by atoms with van der Waals surface area (Å²) in [5.41, 5.74) is 1.85. The first-order valence-corrected chi connectivity index (χ1v) is 12.8. The SMILES string of the molecule is CC[C@@H]1C(=O)O[C@@H]2c3cc(C)cc(O)c3C3=C(C(=O)c4c(OC5C[C@@H](O)[C@@H](O)[C@H](C)O5)cccc4C3=O)C12. The summed E-state index contributed by atoms with van der Waals surface area (Å²) in [4.78, 5) is 41.2. The largest absolute Gasteiger partial charge is 0.507 e. The Bertz CT molecular complexity index is 1410. The van der Waals surface area contributed by atoms with Crippen molar-refractivity contribution in [2.24, 2.45) is 11.8 Å². The molecule has 7 atom stereocenters. The maximum atomic E-state index is 14.3. The van der Waals surface area contributed by atoms with Gasteiger partial charge in [-0.2, -0.15) is 0 Å². The number of allylic oxidation sites excluding steroid dienone is 1. The summed E-state index contributed by atoms with van der Waals surface area (Å²) < 4.78 is 17.4. The van der Waals surface area contributed by atoms with Crippen LogP contribution in [-0.4, -0.2) is 57.5 Å². The van der Waals surface area contributed by atoms with E-state index in [1.807, 2.05) is 6.92 Å². The fourth-order valence-electron chi connectivity index (χ4n) is 6.33. The van der Waals surface area contributed by atoms with Crippen molar-refractivity contribution < 1.29 is 43.9 Å². The normalized spacial score (nSPS) is 31.8. The van der Waals surface area contributed by atoms with Crippen molar-refractivity contribution in [1.82, 2.24) is 0 Å². The number of esters is 1. The lowest BCUT2D eigenvalue weighted by Crippen LogP contribution is -2.48. The maximum absolute atomic E-state index is 14.3. The second-order valence-electron chi connectivity index (χ2n) is 10.5. The van der Waals surface area contributed by atoms with Crippen molar-refractivity contribution in [3.63, 3.8) is 0 Å². The molecule has 2 saturated heterocycles. The fourth-order valence-corrected chi connectivity index (χ4v) is 6.33. The van der Waals surface area contributed by atoms with Crippen LogP contribution in [-0.2, 0) is 14.3 Å². The molecule has 0 saturated carbocycles. The molecular formula is C29H28O9. The van der Waals surface area contributed by atoms with Gasteiger partial charge in [0, 0.05) is 40.2 Å². The third kappa shape index (κ3) is 3.46. The molecule has 4 aliphatic rings. The molecule has 2 heterocycles. The molecule has 3 N–H and O–H groups in total. The molecule has 0 radical (unpaired) electrons. The van der Waals surface area contributed by atoms with Crippen LogP contribution in [0.4, 0.5) is 0 Å². The summed E-state index contributed by atoms with van der Waals surface area (Å²) in [6.07, 6.45) is -4.25. The first-order valence-electron chi connectivity index (χ1n) is 12.8. The van der Waals surface area contributed by atoms with E-state index >= 15 is 0 Å². The van der Waals surface area contributed by atoms with Crippen LogP contribution in [0.15, 0.2) is 35.9 Å². The number of phenolic OH excluding ortho intramolecular Hbond substituents is 1. The molecule has 6 rings (SSSR count). The third-order valence-electron chi connectivity index (χ3n) is 8.10. The molecule has 2 aliphatic carbocycles. The number of carbonyl (C=O) groups is 3. The maximum Gasteiger partial charge on any atom is 0.310 e. The Morgan fingerprint density at radius 3 is 2.55 bits per heavy atom. The Morgan fingerprint density at radius 1 is 1.08 bits per heavy atom. The average Bonchev–Trinajstić information content (AvgIpc) is 3.21. The average molecular weight is 521 g/mol. The number of fused-ring (bicyclic) bond motifs is 6. The topological polar surface area (TPSA) is 140 Å². The van der Waals surface area contributed by atoms with Crippen LogP contribution in [0, 0.1) is 18.8 Å². The minimum absolute atomic E-state index is 0.0309. The van der Waals surface area contributed by atoms with E-state index in [2.05, 4.69) is 0 Å². The molecule has 38 heavy (non-hydrogen) atoms. The van der Waals surface area contributed by atoms with Crippen LogP contribution >= 0.6 is 0 Å². The number of benzene rings is 2. The fraction of sp³-hybridized carbons (Fsp3) is 0.414.